The highest BCUT2D eigenvalue weighted by atomic mass is 16.0. The summed E-state index contributed by atoms with van der Waals surface area (Å²) in [6.07, 6.45) is 34.8. The first-order valence-electron chi connectivity index (χ1n) is 15.4. The van der Waals surface area contributed by atoms with Crippen LogP contribution in [0, 0.1) is 17.8 Å². The second-order valence-electron chi connectivity index (χ2n) is 10.2. The predicted octanol–water partition coefficient (Wildman–Crippen LogP) is 11.3. The predicted molar refractivity (Wildman–Crippen MR) is 151 cm³/mol. The maximum atomic E-state index is 2.30. The van der Waals surface area contributed by atoms with Gasteiger partial charge in [0.1, 0.15) is 0 Å². The summed E-state index contributed by atoms with van der Waals surface area (Å²) in [6.45, 7) is 10.3. The largest absolute Gasteiger partial charge is 0.412 e. The third-order valence-corrected chi connectivity index (χ3v) is 7.91. The first-order chi connectivity index (χ1) is 15.4. The van der Waals surface area contributed by atoms with Crippen molar-refractivity contribution in [1.29, 1.82) is 0 Å². The van der Waals surface area contributed by atoms with Gasteiger partial charge in [-0.05, 0) is 17.8 Å². The Labute approximate surface area is 207 Å². The summed E-state index contributed by atoms with van der Waals surface area (Å²) in [7, 11) is 0. The zero-order valence-corrected chi connectivity index (χ0v) is 23.5. The van der Waals surface area contributed by atoms with Crippen LogP contribution in [-0.2, 0) is 0 Å². The molecule has 3 fully saturated rings. The zero-order valence-electron chi connectivity index (χ0n) is 23.5. The van der Waals surface area contributed by atoms with Gasteiger partial charge in [-0.3, -0.25) is 0 Å². The van der Waals surface area contributed by atoms with Crippen molar-refractivity contribution < 1.29 is 6.90 Å². The Morgan fingerprint density at radius 2 is 0.812 bits per heavy atom. The molecule has 0 saturated heterocycles. The molecule has 3 saturated carbocycles. The summed E-state index contributed by atoms with van der Waals surface area (Å²) in [6, 6.07) is 0. The molecule has 0 unspecified atom stereocenters. The van der Waals surface area contributed by atoms with E-state index in [1.165, 1.54) is 122 Å². The van der Waals surface area contributed by atoms with E-state index in [1.54, 1.807) is 25.7 Å². The average molecular weight is 457 g/mol. The second kappa shape index (κ2) is 27.2. The van der Waals surface area contributed by atoms with Crippen molar-refractivity contribution >= 4 is 0 Å². The lowest BCUT2D eigenvalue weighted by molar-refractivity contribution is 0.196. The van der Waals surface area contributed by atoms with Gasteiger partial charge in [0, 0.05) is 1.43 Å². The standard InChI is InChI=1S/C15H30.C12H22.2C2H6.H2O.H2/c1-2-3-4-5-6-9-12-15-13-10-7-8-11-14-15;1-3-7-11(8-4-1)12-9-5-2-6-10-12;2*1-2;;/h15H,2-14H2,1H3;11-12H,1-10H2;2*1-2H3;1H2;1H. The second-order valence-corrected chi connectivity index (χ2v) is 10.2. The highest BCUT2D eigenvalue weighted by Gasteiger charge is 2.24. The summed E-state index contributed by atoms with van der Waals surface area (Å²) in [5, 5.41) is 0. The van der Waals surface area contributed by atoms with Crippen LogP contribution in [-0.4, -0.2) is 5.48 Å². The summed E-state index contributed by atoms with van der Waals surface area (Å²) >= 11 is 0. The maximum Gasteiger partial charge on any atom is 0 e. The van der Waals surface area contributed by atoms with Gasteiger partial charge in [0.2, 0.25) is 0 Å². The molecule has 0 aromatic carbocycles. The van der Waals surface area contributed by atoms with Crippen molar-refractivity contribution in [2.45, 2.75) is 182 Å². The van der Waals surface area contributed by atoms with Crippen LogP contribution >= 0.6 is 0 Å². The number of hydrogen-bond donors (Lipinski definition) is 0. The molecule has 1 heteroatoms. The van der Waals surface area contributed by atoms with Gasteiger partial charge >= 0.3 is 0 Å². The molecule has 0 spiro atoms. The van der Waals surface area contributed by atoms with Crippen LogP contribution in [0.1, 0.15) is 184 Å². The van der Waals surface area contributed by atoms with Crippen LogP contribution in [0.5, 0.6) is 0 Å². The molecule has 0 atom stereocenters. The molecule has 3 aliphatic rings. The first kappa shape index (κ1) is 34.1. The number of rotatable bonds is 8. The van der Waals surface area contributed by atoms with E-state index in [1.807, 2.05) is 27.7 Å². The van der Waals surface area contributed by atoms with Gasteiger partial charge in [0.15, 0.2) is 0 Å². The lowest BCUT2D eigenvalue weighted by atomic mass is 9.73. The Kier molecular flexibility index (Phi) is 29.0. The molecular weight excluding hydrogens is 388 g/mol. The fourth-order valence-corrected chi connectivity index (χ4v) is 6.08. The zero-order chi connectivity index (χ0) is 23.0. The van der Waals surface area contributed by atoms with Crippen molar-refractivity contribution in [3.8, 4) is 0 Å². The highest BCUT2D eigenvalue weighted by molar-refractivity contribution is 4.76. The highest BCUT2D eigenvalue weighted by Crippen LogP contribution is 2.37. The molecule has 0 heterocycles. The summed E-state index contributed by atoms with van der Waals surface area (Å²) < 4.78 is 0. The smallest absolute Gasteiger partial charge is 0 e. The third kappa shape index (κ3) is 18.4. The molecule has 0 aromatic rings. The molecule has 0 radical (unpaired) electrons. The van der Waals surface area contributed by atoms with Gasteiger partial charge in [-0.25, -0.2) is 0 Å². The maximum absolute atomic E-state index is 2.30. The minimum atomic E-state index is 0. The van der Waals surface area contributed by atoms with E-state index in [0.29, 0.717) is 0 Å². The molecule has 1 nitrogen and oxygen atoms in total. The van der Waals surface area contributed by atoms with Crippen LogP contribution < -0.4 is 0 Å². The van der Waals surface area contributed by atoms with Gasteiger partial charge < -0.3 is 5.48 Å². The SMILES string of the molecule is C1CCC(C2CCCCC2)CC1.CC.CC.CCCCCCCCC1CCCCCC1.O.[HH]. The normalized spacial score (nSPS) is 20.2. The van der Waals surface area contributed by atoms with Crippen molar-refractivity contribution in [3.05, 3.63) is 0 Å². The van der Waals surface area contributed by atoms with E-state index in [9.17, 15) is 0 Å². The van der Waals surface area contributed by atoms with Crippen molar-refractivity contribution in [2.24, 2.45) is 17.8 Å². The van der Waals surface area contributed by atoms with Gasteiger partial charge in [0.05, 0.1) is 0 Å². The average Bonchev–Trinajstić information content (AvgIpc) is 3.14. The molecule has 198 valence electrons. The minimum Gasteiger partial charge on any atom is -0.412 e. The van der Waals surface area contributed by atoms with Crippen molar-refractivity contribution in [3.63, 3.8) is 0 Å². The first-order valence-corrected chi connectivity index (χ1v) is 15.4. The van der Waals surface area contributed by atoms with Crippen LogP contribution in [0.4, 0.5) is 0 Å². The van der Waals surface area contributed by atoms with E-state index in [4.69, 9.17) is 0 Å². The van der Waals surface area contributed by atoms with Crippen LogP contribution in [0.25, 0.3) is 0 Å². The van der Waals surface area contributed by atoms with Gasteiger partial charge in [-0.1, -0.05) is 182 Å². The summed E-state index contributed by atoms with van der Waals surface area (Å²) in [5.41, 5.74) is 0. The third-order valence-electron chi connectivity index (χ3n) is 7.91. The Hall–Kier alpha value is -0.0400. The summed E-state index contributed by atoms with van der Waals surface area (Å²) in [4.78, 5) is 0. The molecule has 0 amide bonds. The number of hydrogen-bond acceptors (Lipinski definition) is 0. The van der Waals surface area contributed by atoms with Crippen molar-refractivity contribution in [1.82, 2.24) is 0 Å². The van der Waals surface area contributed by atoms with Gasteiger partial charge in [-0.15, -0.1) is 0 Å². The van der Waals surface area contributed by atoms with Crippen LogP contribution in [0.15, 0.2) is 0 Å². The Morgan fingerprint density at radius 3 is 1.25 bits per heavy atom. The number of unbranched alkanes of at least 4 members (excludes halogenated alkanes) is 5. The summed E-state index contributed by atoms with van der Waals surface area (Å²) in [5.74, 6) is 3.37. The molecule has 2 N–H and O–H groups in total. The van der Waals surface area contributed by atoms with E-state index in [0.717, 1.165) is 17.8 Å². The van der Waals surface area contributed by atoms with E-state index in [2.05, 4.69) is 6.92 Å². The molecular formula is C31H68O. The Bertz CT molecular complexity index is 297. The molecule has 0 aliphatic heterocycles. The molecule has 32 heavy (non-hydrogen) atoms. The van der Waals surface area contributed by atoms with E-state index < -0.39 is 0 Å². The fraction of sp³-hybridized carbons (Fsp3) is 1.00. The van der Waals surface area contributed by atoms with Crippen molar-refractivity contribution in [2.75, 3.05) is 0 Å². The van der Waals surface area contributed by atoms with Gasteiger partial charge in [0.25, 0.3) is 0 Å². The fourth-order valence-electron chi connectivity index (χ4n) is 6.08. The monoisotopic (exact) mass is 457 g/mol. The van der Waals surface area contributed by atoms with Gasteiger partial charge in [-0.2, -0.15) is 0 Å². The molecule has 3 rings (SSSR count). The quantitative estimate of drug-likeness (QED) is 0.257. The Balaban J connectivity index is -0.000000455. The minimum absolute atomic E-state index is 0. The molecule has 0 bridgehead atoms. The van der Waals surface area contributed by atoms with Crippen LogP contribution in [0.3, 0.4) is 0 Å². The van der Waals surface area contributed by atoms with E-state index >= 15 is 0 Å². The Morgan fingerprint density at radius 1 is 0.469 bits per heavy atom. The topological polar surface area (TPSA) is 31.5 Å². The lowest BCUT2D eigenvalue weighted by Crippen LogP contribution is -2.20. The molecule has 3 aliphatic carbocycles. The molecule has 0 aromatic heterocycles. The van der Waals surface area contributed by atoms with E-state index in [-0.39, 0.29) is 6.90 Å². The lowest BCUT2D eigenvalue weighted by Gasteiger charge is -2.32. The van der Waals surface area contributed by atoms with Crippen LogP contribution in [0.2, 0.25) is 0 Å².